The Morgan fingerprint density at radius 1 is 1.07 bits per heavy atom. The van der Waals surface area contributed by atoms with Gasteiger partial charge in [0, 0.05) is 23.8 Å². The van der Waals surface area contributed by atoms with Crippen molar-refractivity contribution in [2.75, 3.05) is 0 Å². The second kappa shape index (κ2) is 6.84. The first kappa shape index (κ1) is 17.2. The normalized spacial score (nSPS) is 14.8. The number of carbonyl (C=O) groups excluding carboxylic acids is 1. The first-order chi connectivity index (χ1) is 13.5. The minimum Gasteiger partial charge on any atom is -0.507 e. The smallest absolute Gasteiger partial charge is 0.363 e. The van der Waals surface area contributed by atoms with Crippen LogP contribution in [0.25, 0.3) is 17.4 Å². The van der Waals surface area contributed by atoms with E-state index in [-0.39, 0.29) is 40.1 Å². The van der Waals surface area contributed by atoms with E-state index in [1.54, 1.807) is 30.3 Å². The Morgan fingerprint density at radius 2 is 1.86 bits per heavy atom. The van der Waals surface area contributed by atoms with Crippen molar-refractivity contribution in [2.24, 2.45) is 4.99 Å². The fraction of sp³-hybridized carbons (Fsp3) is 0. The molecule has 28 heavy (non-hydrogen) atoms. The number of cyclic esters (lactones) is 1. The molecule has 2 aromatic carbocycles. The molecule has 1 aliphatic heterocycles. The number of carbonyl (C=O) groups is 1. The number of nitrogens with zero attached hydrogens (tertiary/aromatic N) is 2. The topological polar surface area (TPSA) is 115 Å². The summed E-state index contributed by atoms with van der Waals surface area (Å²) in [4.78, 5) is 26.6. The molecule has 0 bridgehead atoms. The molecule has 0 unspecified atom stereocenters. The number of phenols is 1. The predicted octanol–water partition coefficient (Wildman–Crippen LogP) is 3.90. The molecule has 0 aliphatic carbocycles. The number of phenolic OH excluding ortho intramolecular Hbond substituents is 1. The summed E-state index contributed by atoms with van der Waals surface area (Å²) in [7, 11) is 0. The van der Waals surface area contributed by atoms with Gasteiger partial charge in [-0.2, -0.15) is 0 Å². The number of aliphatic imine (C=N–C) groups is 1. The average molecular weight is 376 g/mol. The maximum Gasteiger partial charge on any atom is 0.363 e. The largest absolute Gasteiger partial charge is 0.507 e. The number of nitro groups is 1. The molecule has 3 aromatic rings. The highest BCUT2D eigenvalue weighted by Gasteiger charge is 2.24. The zero-order valence-electron chi connectivity index (χ0n) is 14.2. The summed E-state index contributed by atoms with van der Waals surface area (Å²) in [5.74, 6) is -0.0867. The standard InChI is InChI=1S/C20H12N2O6/c23-17-8-6-13(22(25)26)10-15(17)18-9-7-14(27-18)11-16-20(24)28-19(21-16)12-4-2-1-3-5-12/h1-11,23H/b16-11+. The number of benzene rings is 2. The number of hydrogen-bond acceptors (Lipinski definition) is 7. The highest BCUT2D eigenvalue weighted by atomic mass is 16.6. The number of ether oxygens (including phenoxy) is 1. The van der Waals surface area contributed by atoms with Crippen LogP contribution in [0.15, 0.2) is 75.8 Å². The highest BCUT2D eigenvalue weighted by molar-refractivity contribution is 6.12. The van der Waals surface area contributed by atoms with Gasteiger partial charge in [-0.25, -0.2) is 9.79 Å². The van der Waals surface area contributed by atoms with Crippen LogP contribution in [-0.2, 0) is 9.53 Å². The van der Waals surface area contributed by atoms with Gasteiger partial charge in [0.25, 0.3) is 5.69 Å². The molecule has 0 atom stereocenters. The van der Waals surface area contributed by atoms with Crippen molar-refractivity contribution in [1.29, 1.82) is 0 Å². The Morgan fingerprint density at radius 3 is 2.61 bits per heavy atom. The number of rotatable bonds is 4. The second-order valence-corrected chi connectivity index (χ2v) is 5.86. The molecular formula is C20H12N2O6. The summed E-state index contributed by atoms with van der Waals surface area (Å²) in [6, 6.07) is 15.7. The molecule has 0 amide bonds. The van der Waals surface area contributed by atoms with Gasteiger partial charge in [-0.15, -0.1) is 0 Å². The molecule has 0 fully saturated rings. The van der Waals surface area contributed by atoms with Gasteiger partial charge < -0.3 is 14.3 Å². The summed E-state index contributed by atoms with van der Waals surface area (Å²) in [5, 5.41) is 20.9. The summed E-state index contributed by atoms with van der Waals surface area (Å²) < 4.78 is 10.8. The number of esters is 1. The zero-order chi connectivity index (χ0) is 19.7. The Kier molecular flexibility index (Phi) is 4.21. The van der Waals surface area contributed by atoms with Crippen LogP contribution < -0.4 is 0 Å². The van der Waals surface area contributed by atoms with E-state index < -0.39 is 10.9 Å². The zero-order valence-corrected chi connectivity index (χ0v) is 14.2. The summed E-state index contributed by atoms with van der Waals surface area (Å²) in [6.07, 6.45) is 1.40. The predicted molar refractivity (Wildman–Crippen MR) is 99.5 cm³/mol. The van der Waals surface area contributed by atoms with E-state index in [1.165, 1.54) is 30.3 Å². The van der Waals surface area contributed by atoms with Gasteiger partial charge in [0.05, 0.1) is 10.5 Å². The van der Waals surface area contributed by atoms with Crippen LogP contribution in [0.4, 0.5) is 5.69 Å². The molecule has 0 radical (unpaired) electrons. The minimum atomic E-state index is -0.616. The Bertz CT molecular complexity index is 1140. The molecule has 0 spiro atoms. The molecule has 8 nitrogen and oxygen atoms in total. The second-order valence-electron chi connectivity index (χ2n) is 5.86. The van der Waals surface area contributed by atoms with E-state index in [2.05, 4.69) is 4.99 Å². The molecule has 8 heteroatoms. The molecule has 138 valence electrons. The van der Waals surface area contributed by atoms with Crippen LogP contribution in [0.3, 0.4) is 0 Å². The lowest BCUT2D eigenvalue weighted by Gasteiger charge is -2.01. The van der Waals surface area contributed by atoms with E-state index in [9.17, 15) is 20.0 Å². The van der Waals surface area contributed by atoms with Crippen LogP contribution in [0.2, 0.25) is 0 Å². The van der Waals surface area contributed by atoms with Gasteiger partial charge in [-0.05, 0) is 30.3 Å². The lowest BCUT2D eigenvalue weighted by atomic mass is 10.1. The fourth-order valence-electron chi connectivity index (χ4n) is 2.66. The lowest BCUT2D eigenvalue weighted by molar-refractivity contribution is -0.384. The van der Waals surface area contributed by atoms with Crippen molar-refractivity contribution in [3.63, 3.8) is 0 Å². The van der Waals surface area contributed by atoms with Crippen LogP contribution in [0.5, 0.6) is 5.75 Å². The number of furan rings is 1. The van der Waals surface area contributed by atoms with Crippen molar-refractivity contribution in [3.05, 3.63) is 87.8 Å². The number of hydrogen-bond donors (Lipinski definition) is 1. The first-order valence-corrected chi connectivity index (χ1v) is 8.17. The monoisotopic (exact) mass is 376 g/mol. The highest BCUT2D eigenvalue weighted by Crippen LogP contribution is 2.34. The van der Waals surface area contributed by atoms with Gasteiger partial charge in [0.2, 0.25) is 5.90 Å². The molecule has 1 aliphatic rings. The minimum absolute atomic E-state index is 0.0583. The summed E-state index contributed by atoms with van der Waals surface area (Å²) in [5.41, 5.74) is 0.714. The molecule has 2 heterocycles. The van der Waals surface area contributed by atoms with E-state index in [0.29, 0.717) is 5.56 Å². The third-order valence-corrected chi connectivity index (χ3v) is 4.00. The van der Waals surface area contributed by atoms with E-state index in [0.717, 1.165) is 0 Å². The maximum atomic E-state index is 12.1. The van der Waals surface area contributed by atoms with Crippen molar-refractivity contribution in [2.45, 2.75) is 0 Å². The molecule has 4 rings (SSSR count). The molecule has 1 N–H and O–H groups in total. The van der Waals surface area contributed by atoms with E-state index in [1.807, 2.05) is 6.07 Å². The number of aromatic hydroxyl groups is 1. The maximum absolute atomic E-state index is 12.1. The van der Waals surface area contributed by atoms with Crippen LogP contribution in [0, 0.1) is 10.1 Å². The Hall–Kier alpha value is -4.20. The van der Waals surface area contributed by atoms with Crippen molar-refractivity contribution in [1.82, 2.24) is 0 Å². The third kappa shape index (κ3) is 3.26. The van der Waals surface area contributed by atoms with Gasteiger partial charge in [0.15, 0.2) is 5.70 Å². The van der Waals surface area contributed by atoms with Crippen LogP contribution in [0.1, 0.15) is 11.3 Å². The molecule has 1 aromatic heterocycles. The Balaban J connectivity index is 1.65. The van der Waals surface area contributed by atoms with Gasteiger partial charge >= 0.3 is 5.97 Å². The van der Waals surface area contributed by atoms with Gasteiger partial charge in [0.1, 0.15) is 17.3 Å². The molecular weight excluding hydrogens is 364 g/mol. The average Bonchev–Trinajstić information content (AvgIpc) is 3.30. The SMILES string of the molecule is O=C1OC(c2ccccc2)=N/C1=C/c1ccc(-c2cc([N+](=O)[O-])ccc2O)o1. The van der Waals surface area contributed by atoms with Crippen molar-refractivity contribution >= 4 is 23.6 Å². The number of non-ortho nitro benzene ring substituents is 1. The van der Waals surface area contributed by atoms with E-state index >= 15 is 0 Å². The van der Waals surface area contributed by atoms with Crippen molar-refractivity contribution < 1.29 is 24.0 Å². The van der Waals surface area contributed by atoms with Crippen LogP contribution in [-0.4, -0.2) is 21.9 Å². The summed E-state index contributed by atoms with van der Waals surface area (Å²) >= 11 is 0. The van der Waals surface area contributed by atoms with E-state index in [4.69, 9.17) is 9.15 Å². The quantitative estimate of drug-likeness (QED) is 0.319. The first-order valence-electron chi connectivity index (χ1n) is 8.17. The number of nitro benzene ring substituents is 1. The van der Waals surface area contributed by atoms with Gasteiger partial charge in [-0.3, -0.25) is 10.1 Å². The van der Waals surface area contributed by atoms with Crippen LogP contribution >= 0.6 is 0 Å². The molecule has 0 saturated carbocycles. The summed E-state index contributed by atoms with van der Waals surface area (Å²) in [6.45, 7) is 0. The third-order valence-electron chi connectivity index (χ3n) is 4.00. The lowest BCUT2D eigenvalue weighted by Crippen LogP contribution is -2.04. The fourth-order valence-corrected chi connectivity index (χ4v) is 2.66. The molecule has 0 saturated heterocycles. The van der Waals surface area contributed by atoms with Gasteiger partial charge in [-0.1, -0.05) is 18.2 Å². The Labute approximate surface area is 158 Å². The van der Waals surface area contributed by atoms with Crippen molar-refractivity contribution in [3.8, 4) is 17.1 Å².